The number of nitrogens with one attached hydrogen (secondary N) is 2. The largest absolute Gasteiger partial charge is 0.573 e. The predicted molar refractivity (Wildman–Crippen MR) is 80.6 cm³/mol. The van der Waals surface area contributed by atoms with Gasteiger partial charge in [-0.3, -0.25) is 0 Å². The van der Waals surface area contributed by atoms with Gasteiger partial charge in [0.1, 0.15) is 11.6 Å². The number of hydrogen-bond donors (Lipinski definition) is 2. The second-order valence-corrected chi connectivity index (χ2v) is 4.48. The number of H-pyrrole nitrogens is 1. The second-order valence-electron chi connectivity index (χ2n) is 4.48. The molecule has 0 bridgehead atoms. The van der Waals surface area contributed by atoms with E-state index in [4.69, 9.17) is 0 Å². The normalized spacial score (nSPS) is 13.6. The first-order valence-corrected chi connectivity index (χ1v) is 6.16. The van der Waals surface area contributed by atoms with E-state index in [1.54, 1.807) is 12.1 Å². The molecule has 0 saturated heterocycles. The van der Waals surface area contributed by atoms with E-state index >= 15 is 0 Å². The number of fused-ring (bicyclic) bond motifs is 1. The molecule has 1 aliphatic rings. The number of nitrogens with zero attached hydrogens (tertiary/aromatic N) is 1. The molecular weight excluding hydrogens is 342 g/mol. The molecule has 9 heteroatoms. The smallest absolute Gasteiger partial charge is 0.405 e. The minimum absolute atomic E-state index is 0. The van der Waals surface area contributed by atoms with Crippen LogP contribution < -0.4 is 10.1 Å². The molecule has 0 radical (unpaired) electrons. The lowest BCUT2D eigenvalue weighted by Crippen LogP contribution is -2.23. The fraction of sp³-hybridized carbons (Fsp3) is 0.308. The summed E-state index contributed by atoms with van der Waals surface area (Å²) in [4.78, 5) is 7.42. The molecule has 2 heterocycles. The number of benzene rings is 1. The zero-order valence-electron chi connectivity index (χ0n) is 11.2. The topological polar surface area (TPSA) is 49.9 Å². The van der Waals surface area contributed by atoms with Crippen LogP contribution >= 0.6 is 24.8 Å². The molecule has 1 aliphatic heterocycles. The maximum absolute atomic E-state index is 12.4. The minimum atomic E-state index is -4.72. The van der Waals surface area contributed by atoms with E-state index in [0.29, 0.717) is 17.9 Å². The number of ether oxygens (including phenoxy) is 1. The third-order valence-electron chi connectivity index (χ3n) is 3.07. The lowest BCUT2D eigenvalue weighted by molar-refractivity contribution is -0.274. The first-order valence-electron chi connectivity index (χ1n) is 6.16. The van der Waals surface area contributed by atoms with Crippen molar-refractivity contribution in [2.75, 3.05) is 6.54 Å². The third kappa shape index (κ3) is 4.06. The molecule has 1 aromatic heterocycles. The molecule has 22 heavy (non-hydrogen) atoms. The number of hydrogen-bond acceptors (Lipinski definition) is 3. The molecule has 0 amide bonds. The lowest BCUT2D eigenvalue weighted by Gasteiger charge is -2.11. The minimum Gasteiger partial charge on any atom is -0.405 e. The van der Waals surface area contributed by atoms with Crippen LogP contribution in [-0.2, 0) is 13.0 Å². The van der Waals surface area contributed by atoms with Gasteiger partial charge in [0.15, 0.2) is 0 Å². The van der Waals surface area contributed by atoms with Gasteiger partial charge >= 0.3 is 6.36 Å². The van der Waals surface area contributed by atoms with Gasteiger partial charge < -0.3 is 15.0 Å². The van der Waals surface area contributed by atoms with Crippen LogP contribution in [0.5, 0.6) is 5.75 Å². The Morgan fingerprint density at radius 2 is 1.86 bits per heavy atom. The fourth-order valence-corrected chi connectivity index (χ4v) is 2.22. The van der Waals surface area contributed by atoms with Gasteiger partial charge in [-0.1, -0.05) is 12.1 Å². The molecule has 2 N–H and O–H groups in total. The monoisotopic (exact) mass is 355 g/mol. The molecule has 0 fully saturated rings. The number of para-hydroxylation sites is 1. The van der Waals surface area contributed by atoms with Crippen molar-refractivity contribution < 1.29 is 17.9 Å². The zero-order chi connectivity index (χ0) is 14.2. The molecular formula is C13H14Cl2F3N3O. The maximum atomic E-state index is 12.4. The van der Waals surface area contributed by atoms with Gasteiger partial charge in [0.25, 0.3) is 0 Å². The van der Waals surface area contributed by atoms with Gasteiger partial charge in [-0.05, 0) is 12.1 Å². The van der Waals surface area contributed by atoms with Crippen molar-refractivity contribution >= 4 is 24.8 Å². The van der Waals surface area contributed by atoms with E-state index in [-0.39, 0.29) is 30.6 Å². The van der Waals surface area contributed by atoms with Gasteiger partial charge in [-0.15, -0.1) is 38.0 Å². The van der Waals surface area contributed by atoms with Gasteiger partial charge in [0.05, 0.1) is 17.0 Å². The molecule has 4 nitrogen and oxygen atoms in total. The van der Waals surface area contributed by atoms with Crippen LogP contribution in [-0.4, -0.2) is 22.9 Å². The third-order valence-corrected chi connectivity index (χ3v) is 3.07. The van der Waals surface area contributed by atoms with Crippen molar-refractivity contribution in [2.24, 2.45) is 0 Å². The second kappa shape index (κ2) is 7.21. The highest BCUT2D eigenvalue weighted by molar-refractivity contribution is 5.85. The highest BCUT2D eigenvalue weighted by Gasteiger charge is 2.32. The van der Waals surface area contributed by atoms with Gasteiger partial charge in [-0.25, -0.2) is 4.98 Å². The molecule has 0 unspecified atom stereocenters. The number of aromatic amines is 1. The van der Waals surface area contributed by atoms with Crippen molar-refractivity contribution in [2.45, 2.75) is 19.3 Å². The summed E-state index contributed by atoms with van der Waals surface area (Å²) < 4.78 is 41.2. The summed E-state index contributed by atoms with van der Waals surface area (Å²) in [6.45, 7) is 1.46. The number of rotatable bonds is 2. The highest BCUT2D eigenvalue weighted by Crippen LogP contribution is 2.32. The molecule has 3 rings (SSSR count). The molecule has 1 aromatic carbocycles. The number of imidazole rings is 1. The standard InChI is InChI=1S/C13H12F3N3O.2ClH/c14-13(15,16)20-11-4-2-1-3-8(11)12-18-9-5-6-17-7-10(9)19-12;;/h1-4,17H,5-7H2,(H,18,19);2*1H. The Balaban J connectivity index is 0.00000121. The van der Waals surface area contributed by atoms with Gasteiger partial charge in [0.2, 0.25) is 0 Å². The van der Waals surface area contributed by atoms with Crippen molar-refractivity contribution in [3.8, 4) is 17.1 Å². The maximum Gasteiger partial charge on any atom is 0.573 e. The highest BCUT2D eigenvalue weighted by atomic mass is 35.5. The Morgan fingerprint density at radius 1 is 1.14 bits per heavy atom. The van der Waals surface area contributed by atoms with Crippen molar-refractivity contribution in [1.82, 2.24) is 15.3 Å². The van der Waals surface area contributed by atoms with Crippen LogP contribution in [0, 0.1) is 0 Å². The van der Waals surface area contributed by atoms with Crippen LogP contribution in [0.2, 0.25) is 0 Å². The van der Waals surface area contributed by atoms with E-state index in [1.807, 2.05) is 0 Å². The van der Waals surface area contributed by atoms with Crippen molar-refractivity contribution in [3.05, 3.63) is 35.7 Å². The summed E-state index contributed by atoms with van der Waals surface area (Å²) in [5.74, 6) is 0.151. The number of alkyl halides is 3. The Morgan fingerprint density at radius 3 is 2.55 bits per heavy atom. The summed E-state index contributed by atoms with van der Waals surface area (Å²) in [6, 6.07) is 5.98. The van der Waals surface area contributed by atoms with E-state index in [2.05, 4.69) is 20.0 Å². The van der Waals surface area contributed by atoms with Crippen molar-refractivity contribution in [1.29, 1.82) is 0 Å². The van der Waals surface area contributed by atoms with Crippen molar-refractivity contribution in [3.63, 3.8) is 0 Å². The van der Waals surface area contributed by atoms with Crippen LogP contribution in [0.4, 0.5) is 13.2 Å². The van der Waals surface area contributed by atoms with E-state index in [0.717, 1.165) is 24.4 Å². The SMILES string of the molecule is Cl.Cl.FC(F)(F)Oc1ccccc1-c1nc2c([nH]1)CNCC2. The molecule has 2 aromatic rings. The quantitative estimate of drug-likeness (QED) is 0.867. The summed E-state index contributed by atoms with van der Waals surface area (Å²) in [7, 11) is 0. The Kier molecular flexibility index (Phi) is 6.10. The lowest BCUT2D eigenvalue weighted by atomic mass is 10.2. The van der Waals surface area contributed by atoms with E-state index < -0.39 is 6.36 Å². The van der Waals surface area contributed by atoms with Crippen LogP contribution in [0.15, 0.2) is 24.3 Å². The van der Waals surface area contributed by atoms with E-state index in [9.17, 15) is 13.2 Å². The summed E-state index contributed by atoms with van der Waals surface area (Å²) >= 11 is 0. The molecule has 0 atom stereocenters. The summed E-state index contributed by atoms with van der Waals surface area (Å²) in [5, 5.41) is 3.18. The Bertz CT molecular complexity index is 608. The Labute approximate surface area is 137 Å². The first kappa shape index (κ1) is 18.6. The average molecular weight is 356 g/mol. The fourth-order valence-electron chi connectivity index (χ4n) is 2.22. The molecule has 122 valence electrons. The predicted octanol–water partition coefficient (Wildman–Crippen LogP) is 3.46. The van der Waals surface area contributed by atoms with Crippen LogP contribution in [0.25, 0.3) is 11.4 Å². The van der Waals surface area contributed by atoms with Gasteiger partial charge in [-0.2, -0.15) is 0 Å². The molecule has 0 saturated carbocycles. The zero-order valence-corrected chi connectivity index (χ0v) is 12.9. The molecule has 0 spiro atoms. The van der Waals surface area contributed by atoms with E-state index in [1.165, 1.54) is 12.1 Å². The number of aromatic nitrogens is 2. The van der Waals surface area contributed by atoms with Crippen LogP contribution in [0.1, 0.15) is 11.4 Å². The average Bonchev–Trinajstić information content (AvgIpc) is 2.81. The Hall–Kier alpha value is -1.44. The van der Waals surface area contributed by atoms with Crippen LogP contribution in [0.3, 0.4) is 0 Å². The summed E-state index contributed by atoms with van der Waals surface area (Å²) in [5.41, 5.74) is 2.10. The first-order chi connectivity index (χ1) is 9.53. The summed E-state index contributed by atoms with van der Waals surface area (Å²) in [6.07, 6.45) is -3.96. The molecule has 0 aliphatic carbocycles. The van der Waals surface area contributed by atoms with Gasteiger partial charge in [0, 0.05) is 19.5 Å². The number of halogens is 5.